The summed E-state index contributed by atoms with van der Waals surface area (Å²) in [5.74, 6) is 1.17. The lowest BCUT2D eigenvalue weighted by atomic mass is 9.90. The first-order valence-electron chi connectivity index (χ1n) is 7.31. The third-order valence-electron chi connectivity index (χ3n) is 4.06. The molecule has 0 amide bonds. The Morgan fingerprint density at radius 1 is 1.32 bits per heavy atom. The Morgan fingerprint density at radius 3 is 2.59 bits per heavy atom. The van der Waals surface area contributed by atoms with Crippen molar-refractivity contribution in [1.82, 2.24) is 4.90 Å². The number of carbonyl (C=O) groups is 1. The summed E-state index contributed by atoms with van der Waals surface area (Å²) >= 11 is 0. The van der Waals surface area contributed by atoms with Crippen LogP contribution in [-0.4, -0.2) is 45.3 Å². The minimum absolute atomic E-state index is 0.0333. The normalized spacial score (nSPS) is 17.5. The van der Waals surface area contributed by atoms with Gasteiger partial charge in [0.1, 0.15) is 0 Å². The van der Waals surface area contributed by atoms with E-state index in [2.05, 4.69) is 11.5 Å². The summed E-state index contributed by atoms with van der Waals surface area (Å²) < 4.78 is 15.6. The summed E-state index contributed by atoms with van der Waals surface area (Å²) in [6.07, 6.45) is 3.07. The number of esters is 1. The number of fused-ring (bicyclic) bond motifs is 1. The highest BCUT2D eigenvalue weighted by Crippen LogP contribution is 2.39. The van der Waals surface area contributed by atoms with Crippen LogP contribution < -0.4 is 9.47 Å². The first-order chi connectivity index (χ1) is 10.6. The minimum Gasteiger partial charge on any atom is -0.493 e. The molecule has 2 rings (SSSR count). The zero-order chi connectivity index (χ0) is 16.1. The molecule has 1 aromatic carbocycles. The van der Waals surface area contributed by atoms with E-state index in [1.165, 1.54) is 12.7 Å². The molecule has 0 saturated heterocycles. The SMILES string of the molecule is C=CCN1CCc2cc(OC)c(OC)cc2[C@@H]1CC(=O)OC. The van der Waals surface area contributed by atoms with Gasteiger partial charge in [-0.15, -0.1) is 6.58 Å². The second-order valence-corrected chi connectivity index (χ2v) is 5.24. The second-order valence-electron chi connectivity index (χ2n) is 5.24. The zero-order valence-corrected chi connectivity index (χ0v) is 13.4. The summed E-state index contributed by atoms with van der Waals surface area (Å²) in [6, 6.07) is 3.94. The molecule has 5 nitrogen and oxygen atoms in total. The van der Waals surface area contributed by atoms with Crippen LogP contribution in [0.2, 0.25) is 0 Å². The Morgan fingerprint density at radius 2 is 2.00 bits per heavy atom. The van der Waals surface area contributed by atoms with Crippen LogP contribution >= 0.6 is 0 Å². The number of nitrogens with zero attached hydrogens (tertiary/aromatic N) is 1. The van der Waals surface area contributed by atoms with Gasteiger partial charge in [0.25, 0.3) is 0 Å². The molecule has 0 N–H and O–H groups in total. The van der Waals surface area contributed by atoms with E-state index < -0.39 is 0 Å². The summed E-state index contributed by atoms with van der Waals surface area (Å²) in [5, 5.41) is 0. The van der Waals surface area contributed by atoms with Gasteiger partial charge >= 0.3 is 5.97 Å². The van der Waals surface area contributed by atoms with E-state index in [1.54, 1.807) is 14.2 Å². The summed E-state index contributed by atoms with van der Waals surface area (Å²) in [6.45, 7) is 5.41. The van der Waals surface area contributed by atoms with Gasteiger partial charge in [-0.1, -0.05) is 6.08 Å². The average Bonchev–Trinajstić information content (AvgIpc) is 2.55. The zero-order valence-electron chi connectivity index (χ0n) is 13.4. The van der Waals surface area contributed by atoms with Crippen molar-refractivity contribution < 1.29 is 19.0 Å². The van der Waals surface area contributed by atoms with Gasteiger partial charge in [0, 0.05) is 19.1 Å². The highest BCUT2D eigenvalue weighted by molar-refractivity contribution is 5.70. The fourth-order valence-electron chi connectivity index (χ4n) is 2.94. The molecule has 1 aliphatic rings. The maximum Gasteiger partial charge on any atom is 0.307 e. The lowest BCUT2D eigenvalue weighted by molar-refractivity contribution is -0.142. The Kier molecular flexibility index (Phi) is 5.44. The van der Waals surface area contributed by atoms with E-state index in [-0.39, 0.29) is 12.0 Å². The third-order valence-corrected chi connectivity index (χ3v) is 4.06. The largest absolute Gasteiger partial charge is 0.493 e. The maximum absolute atomic E-state index is 11.8. The molecule has 0 aliphatic carbocycles. The van der Waals surface area contributed by atoms with Gasteiger partial charge in [-0.05, 0) is 29.7 Å². The number of rotatable bonds is 6. The number of ether oxygens (including phenoxy) is 3. The van der Waals surface area contributed by atoms with Crippen LogP contribution in [0.15, 0.2) is 24.8 Å². The van der Waals surface area contributed by atoms with Crippen molar-refractivity contribution in [2.24, 2.45) is 0 Å². The fraction of sp³-hybridized carbons (Fsp3) is 0.471. The Hall–Kier alpha value is -2.01. The molecule has 1 aromatic rings. The lowest BCUT2D eigenvalue weighted by Crippen LogP contribution is -2.37. The number of carbonyl (C=O) groups excluding carboxylic acids is 1. The number of hydrogen-bond acceptors (Lipinski definition) is 5. The van der Waals surface area contributed by atoms with Gasteiger partial charge in [0.15, 0.2) is 11.5 Å². The van der Waals surface area contributed by atoms with E-state index in [4.69, 9.17) is 14.2 Å². The molecule has 1 heterocycles. The molecule has 0 saturated carbocycles. The van der Waals surface area contributed by atoms with Gasteiger partial charge in [-0.2, -0.15) is 0 Å². The topological polar surface area (TPSA) is 48.0 Å². The molecule has 1 aliphatic heterocycles. The summed E-state index contributed by atoms with van der Waals surface area (Å²) in [5.41, 5.74) is 2.28. The van der Waals surface area contributed by atoms with Crippen molar-refractivity contribution in [2.75, 3.05) is 34.4 Å². The maximum atomic E-state index is 11.8. The van der Waals surface area contributed by atoms with E-state index >= 15 is 0 Å². The summed E-state index contributed by atoms with van der Waals surface area (Å²) in [7, 11) is 4.66. The Balaban J connectivity index is 2.43. The average molecular weight is 305 g/mol. The van der Waals surface area contributed by atoms with Crippen molar-refractivity contribution in [3.05, 3.63) is 35.9 Å². The first kappa shape index (κ1) is 16.4. The van der Waals surface area contributed by atoms with Crippen LogP contribution in [0.4, 0.5) is 0 Å². The molecule has 0 unspecified atom stereocenters. The van der Waals surface area contributed by atoms with Gasteiger partial charge in [0.2, 0.25) is 0 Å². The Bertz CT molecular complexity index is 556. The quantitative estimate of drug-likeness (QED) is 0.596. The van der Waals surface area contributed by atoms with E-state index in [1.807, 2.05) is 18.2 Å². The van der Waals surface area contributed by atoms with Crippen molar-refractivity contribution >= 4 is 5.97 Å². The number of hydrogen-bond donors (Lipinski definition) is 0. The fourth-order valence-corrected chi connectivity index (χ4v) is 2.94. The van der Waals surface area contributed by atoms with Crippen molar-refractivity contribution in [3.63, 3.8) is 0 Å². The van der Waals surface area contributed by atoms with E-state index in [0.29, 0.717) is 12.2 Å². The first-order valence-corrected chi connectivity index (χ1v) is 7.31. The van der Waals surface area contributed by atoms with Gasteiger partial charge in [0.05, 0.1) is 27.8 Å². The smallest absolute Gasteiger partial charge is 0.307 e. The molecule has 0 spiro atoms. The molecule has 5 heteroatoms. The van der Waals surface area contributed by atoms with Crippen LogP contribution in [0.25, 0.3) is 0 Å². The predicted molar refractivity (Wildman–Crippen MR) is 84.4 cm³/mol. The van der Waals surface area contributed by atoms with Crippen molar-refractivity contribution in [2.45, 2.75) is 18.9 Å². The molecule has 1 atom stereocenters. The van der Waals surface area contributed by atoms with Gasteiger partial charge in [-0.3, -0.25) is 9.69 Å². The number of methoxy groups -OCH3 is 3. The molecule has 0 aromatic heterocycles. The Labute approximate surface area is 131 Å². The van der Waals surface area contributed by atoms with Crippen molar-refractivity contribution in [1.29, 1.82) is 0 Å². The monoisotopic (exact) mass is 305 g/mol. The van der Waals surface area contributed by atoms with Gasteiger partial charge in [-0.25, -0.2) is 0 Å². The van der Waals surface area contributed by atoms with Crippen LogP contribution in [0.3, 0.4) is 0 Å². The number of benzene rings is 1. The second kappa shape index (κ2) is 7.31. The molecular formula is C17H23NO4. The van der Waals surface area contributed by atoms with Crippen LogP contribution in [0, 0.1) is 0 Å². The van der Waals surface area contributed by atoms with Gasteiger partial charge < -0.3 is 14.2 Å². The highest BCUT2D eigenvalue weighted by atomic mass is 16.5. The van der Waals surface area contributed by atoms with Crippen LogP contribution in [0.5, 0.6) is 11.5 Å². The lowest BCUT2D eigenvalue weighted by Gasteiger charge is -2.36. The molecule has 120 valence electrons. The van der Waals surface area contributed by atoms with E-state index in [0.717, 1.165) is 30.8 Å². The molecule has 22 heavy (non-hydrogen) atoms. The molecule has 0 radical (unpaired) electrons. The van der Waals surface area contributed by atoms with Crippen LogP contribution in [0.1, 0.15) is 23.6 Å². The third kappa shape index (κ3) is 3.25. The molecule has 0 fully saturated rings. The predicted octanol–water partition coefficient (Wildman–Crippen LogP) is 2.35. The van der Waals surface area contributed by atoms with Crippen molar-refractivity contribution in [3.8, 4) is 11.5 Å². The van der Waals surface area contributed by atoms with E-state index in [9.17, 15) is 4.79 Å². The van der Waals surface area contributed by atoms with Crippen LogP contribution in [-0.2, 0) is 16.0 Å². The molecule has 0 bridgehead atoms. The highest BCUT2D eigenvalue weighted by Gasteiger charge is 2.30. The molecular weight excluding hydrogens is 282 g/mol. The standard InChI is InChI=1S/C17H23NO4/c1-5-7-18-8-6-12-9-15(20-2)16(21-3)10-13(12)14(18)11-17(19)22-4/h5,9-10,14H,1,6-8,11H2,2-4H3/t14-/m0/s1. The minimum atomic E-state index is -0.221. The summed E-state index contributed by atoms with van der Waals surface area (Å²) in [4.78, 5) is 14.0.